The minimum Gasteiger partial charge on any atom is -0.478 e. The van der Waals surface area contributed by atoms with Gasteiger partial charge < -0.3 is 9.84 Å². The molecule has 5 nitrogen and oxygen atoms in total. The Kier molecular flexibility index (Phi) is 3.01. The van der Waals surface area contributed by atoms with Crippen LogP contribution >= 0.6 is 0 Å². The summed E-state index contributed by atoms with van der Waals surface area (Å²) in [5.74, 6) is -0.283. The maximum atomic E-state index is 10.9. The molecule has 0 atom stereocenters. The Balaban J connectivity index is 1.92. The quantitative estimate of drug-likeness (QED) is 0.788. The topological polar surface area (TPSA) is 72.3 Å². The summed E-state index contributed by atoms with van der Waals surface area (Å²) in [6, 6.07) is 12.3. The first-order chi connectivity index (χ1) is 9.72. The molecule has 5 heteroatoms. The molecule has 98 valence electrons. The molecule has 0 aliphatic heterocycles. The maximum absolute atomic E-state index is 10.9. The van der Waals surface area contributed by atoms with Crippen LogP contribution in [-0.4, -0.2) is 21.0 Å². The number of carboxylic acids is 1. The van der Waals surface area contributed by atoms with Gasteiger partial charge in [-0.25, -0.2) is 9.78 Å². The van der Waals surface area contributed by atoms with Gasteiger partial charge in [0.1, 0.15) is 5.75 Å². The first-order valence-electron chi connectivity index (χ1n) is 5.94. The van der Waals surface area contributed by atoms with Crippen molar-refractivity contribution < 1.29 is 14.6 Å². The van der Waals surface area contributed by atoms with E-state index in [1.165, 1.54) is 18.3 Å². The summed E-state index contributed by atoms with van der Waals surface area (Å²) in [7, 11) is 0. The molecule has 3 aromatic rings. The van der Waals surface area contributed by atoms with E-state index in [0.717, 1.165) is 10.9 Å². The average molecular weight is 266 g/mol. The first-order valence-corrected chi connectivity index (χ1v) is 5.94. The number of fused-ring (bicyclic) bond motifs is 1. The molecule has 0 bridgehead atoms. The number of aromatic nitrogens is 2. The van der Waals surface area contributed by atoms with Gasteiger partial charge in [-0.15, -0.1) is 0 Å². The van der Waals surface area contributed by atoms with Gasteiger partial charge >= 0.3 is 5.97 Å². The fraction of sp³-hybridized carbons (Fsp3) is 0. The molecule has 0 amide bonds. The molecule has 0 aliphatic carbocycles. The second kappa shape index (κ2) is 4.97. The van der Waals surface area contributed by atoms with E-state index in [9.17, 15) is 4.79 Å². The molecule has 0 saturated carbocycles. The zero-order valence-electron chi connectivity index (χ0n) is 10.4. The zero-order valence-corrected chi connectivity index (χ0v) is 10.4. The summed E-state index contributed by atoms with van der Waals surface area (Å²) in [4.78, 5) is 19.1. The van der Waals surface area contributed by atoms with Crippen molar-refractivity contribution in [3.8, 4) is 11.6 Å². The molecule has 20 heavy (non-hydrogen) atoms. The van der Waals surface area contributed by atoms with Gasteiger partial charge in [0.2, 0.25) is 5.88 Å². The Labute approximate surface area is 114 Å². The number of hydrogen-bond donors (Lipinski definition) is 1. The van der Waals surface area contributed by atoms with Gasteiger partial charge in [0.05, 0.1) is 17.3 Å². The van der Waals surface area contributed by atoms with Crippen LogP contribution in [0.1, 0.15) is 10.4 Å². The van der Waals surface area contributed by atoms with Gasteiger partial charge in [-0.3, -0.25) is 4.98 Å². The van der Waals surface area contributed by atoms with Crippen LogP contribution in [0.3, 0.4) is 0 Å². The Morgan fingerprint density at radius 1 is 1.10 bits per heavy atom. The van der Waals surface area contributed by atoms with Crippen LogP contribution in [-0.2, 0) is 0 Å². The van der Waals surface area contributed by atoms with Gasteiger partial charge in [0.25, 0.3) is 0 Å². The van der Waals surface area contributed by atoms with Crippen LogP contribution in [0.4, 0.5) is 0 Å². The molecule has 0 radical (unpaired) electrons. The lowest BCUT2D eigenvalue weighted by Crippen LogP contribution is -1.97. The number of benzene rings is 1. The van der Waals surface area contributed by atoms with Crippen molar-refractivity contribution in [1.82, 2.24) is 9.97 Å². The van der Waals surface area contributed by atoms with Crippen molar-refractivity contribution in [3.63, 3.8) is 0 Å². The highest BCUT2D eigenvalue weighted by molar-refractivity contribution is 5.87. The smallest absolute Gasteiger partial charge is 0.335 e. The third-order valence-corrected chi connectivity index (χ3v) is 2.77. The normalized spacial score (nSPS) is 10.4. The van der Waals surface area contributed by atoms with Crippen molar-refractivity contribution >= 4 is 16.9 Å². The lowest BCUT2D eigenvalue weighted by atomic mass is 10.2. The van der Waals surface area contributed by atoms with E-state index >= 15 is 0 Å². The standard InChI is InChI=1S/C15H10N2O3/c18-15(19)11-5-6-16-14(8-11)20-12-7-10-3-1-2-4-13(10)17-9-12/h1-9H,(H,18,19). The summed E-state index contributed by atoms with van der Waals surface area (Å²) in [6.07, 6.45) is 2.98. The molecule has 0 aliphatic rings. The van der Waals surface area contributed by atoms with E-state index in [0.29, 0.717) is 5.75 Å². The largest absolute Gasteiger partial charge is 0.478 e. The highest BCUT2D eigenvalue weighted by Crippen LogP contribution is 2.23. The summed E-state index contributed by atoms with van der Waals surface area (Å²) in [5, 5.41) is 9.86. The number of carbonyl (C=O) groups is 1. The molecule has 1 N–H and O–H groups in total. The van der Waals surface area contributed by atoms with Crippen LogP contribution < -0.4 is 4.74 Å². The highest BCUT2D eigenvalue weighted by Gasteiger charge is 2.06. The Bertz CT molecular complexity index is 787. The highest BCUT2D eigenvalue weighted by atomic mass is 16.5. The fourth-order valence-electron chi connectivity index (χ4n) is 1.83. The number of rotatable bonds is 3. The number of para-hydroxylation sites is 1. The number of nitrogens with zero attached hydrogens (tertiary/aromatic N) is 2. The van der Waals surface area contributed by atoms with Crippen LogP contribution in [0, 0.1) is 0 Å². The number of pyridine rings is 2. The monoisotopic (exact) mass is 266 g/mol. The van der Waals surface area contributed by atoms with E-state index < -0.39 is 5.97 Å². The lowest BCUT2D eigenvalue weighted by molar-refractivity contribution is 0.0696. The maximum Gasteiger partial charge on any atom is 0.335 e. The van der Waals surface area contributed by atoms with E-state index in [2.05, 4.69) is 9.97 Å². The van der Waals surface area contributed by atoms with Crippen molar-refractivity contribution in [2.24, 2.45) is 0 Å². The first kappa shape index (κ1) is 12.1. The predicted octanol–water partition coefficient (Wildman–Crippen LogP) is 3.12. The molecule has 0 fully saturated rings. The molecular weight excluding hydrogens is 256 g/mol. The summed E-state index contributed by atoms with van der Waals surface area (Å²) < 4.78 is 5.54. The molecule has 3 rings (SSSR count). The molecule has 2 aromatic heterocycles. The summed E-state index contributed by atoms with van der Waals surface area (Å²) in [6.45, 7) is 0. The lowest BCUT2D eigenvalue weighted by Gasteiger charge is -2.05. The second-order valence-corrected chi connectivity index (χ2v) is 4.15. The van der Waals surface area contributed by atoms with Gasteiger partial charge in [-0.2, -0.15) is 0 Å². The van der Waals surface area contributed by atoms with Crippen LogP contribution in [0.5, 0.6) is 11.6 Å². The van der Waals surface area contributed by atoms with Crippen molar-refractivity contribution in [3.05, 3.63) is 60.4 Å². The molecule has 0 spiro atoms. The molecule has 1 aromatic carbocycles. The van der Waals surface area contributed by atoms with Gasteiger partial charge in [0, 0.05) is 17.6 Å². The zero-order chi connectivity index (χ0) is 13.9. The molecule has 0 saturated heterocycles. The van der Waals surface area contributed by atoms with Crippen LogP contribution in [0.15, 0.2) is 54.9 Å². The SMILES string of the molecule is O=C(O)c1ccnc(Oc2cnc3ccccc3c2)c1. The Morgan fingerprint density at radius 3 is 2.80 bits per heavy atom. The third-order valence-electron chi connectivity index (χ3n) is 2.77. The van der Waals surface area contributed by atoms with Gasteiger partial charge in [-0.1, -0.05) is 18.2 Å². The molecule has 2 heterocycles. The number of ether oxygens (including phenoxy) is 1. The second-order valence-electron chi connectivity index (χ2n) is 4.15. The van der Waals surface area contributed by atoms with Crippen molar-refractivity contribution in [2.45, 2.75) is 0 Å². The van der Waals surface area contributed by atoms with E-state index in [-0.39, 0.29) is 11.4 Å². The molecular formula is C15H10N2O3. The molecule has 0 unspecified atom stereocenters. The Morgan fingerprint density at radius 2 is 1.95 bits per heavy atom. The van der Waals surface area contributed by atoms with Gasteiger partial charge in [-0.05, 0) is 18.2 Å². The van der Waals surface area contributed by atoms with Crippen molar-refractivity contribution in [1.29, 1.82) is 0 Å². The third kappa shape index (κ3) is 2.42. The van der Waals surface area contributed by atoms with E-state index in [1.807, 2.05) is 30.3 Å². The van der Waals surface area contributed by atoms with E-state index in [4.69, 9.17) is 9.84 Å². The van der Waals surface area contributed by atoms with Crippen LogP contribution in [0.2, 0.25) is 0 Å². The van der Waals surface area contributed by atoms with E-state index in [1.54, 1.807) is 6.20 Å². The minimum absolute atomic E-state index is 0.128. The van der Waals surface area contributed by atoms with Crippen LogP contribution in [0.25, 0.3) is 10.9 Å². The summed E-state index contributed by atoms with van der Waals surface area (Å²) in [5.41, 5.74) is 0.996. The predicted molar refractivity (Wildman–Crippen MR) is 73.0 cm³/mol. The fourth-order valence-corrected chi connectivity index (χ4v) is 1.83. The number of aromatic carboxylic acids is 1. The number of hydrogen-bond acceptors (Lipinski definition) is 4. The number of carboxylic acid groups (broad SMARTS) is 1. The average Bonchev–Trinajstić information content (AvgIpc) is 2.47. The van der Waals surface area contributed by atoms with Crippen molar-refractivity contribution in [2.75, 3.05) is 0 Å². The minimum atomic E-state index is -1.02. The van der Waals surface area contributed by atoms with Gasteiger partial charge in [0.15, 0.2) is 0 Å². The summed E-state index contributed by atoms with van der Waals surface area (Å²) >= 11 is 0. The Hall–Kier alpha value is -2.95.